The summed E-state index contributed by atoms with van der Waals surface area (Å²) >= 11 is 0. The Morgan fingerprint density at radius 1 is 1.47 bits per heavy atom. The maximum atomic E-state index is 12.0. The van der Waals surface area contributed by atoms with Crippen molar-refractivity contribution in [3.63, 3.8) is 0 Å². The number of aromatic nitrogens is 1. The van der Waals surface area contributed by atoms with E-state index in [0.717, 1.165) is 5.56 Å². The van der Waals surface area contributed by atoms with Crippen molar-refractivity contribution in [1.29, 1.82) is 0 Å². The number of carbonyl (C=O) groups excluding carboxylic acids is 1. The Kier molecular flexibility index (Phi) is 5.30. The first kappa shape index (κ1) is 15.4. The van der Waals surface area contributed by atoms with Gasteiger partial charge in [0.1, 0.15) is 5.82 Å². The van der Waals surface area contributed by atoms with Crippen molar-refractivity contribution in [3.8, 4) is 0 Å². The summed E-state index contributed by atoms with van der Waals surface area (Å²) < 4.78 is 0. The molecule has 0 fully saturated rings. The van der Waals surface area contributed by atoms with Gasteiger partial charge < -0.3 is 10.4 Å². The molecule has 1 rings (SSSR count). The van der Waals surface area contributed by atoms with E-state index in [1.807, 2.05) is 39.8 Å². The maximum Gasteiger partial charge on any atom is 0.320 e. The number of pyridine rings is 1. The van der Waals surface area contributed by atoms with Crippen LogP contribution in [0.4, 0.5) is 10.6 Å². The Morgan fingerprint density at radius 3 is 2.68 bits per heavy atom. The van der Waals surface area contributed by atoms with Crippen LogP contribution in [0.1, 0.15) is 32.8 Å². The fourth-order valence-corrected chi connectivity index (χ4v) is 1.77. The van der Waals surface area contributed by atoms with Crippen LogP contribution >= 0.6 is 0 Å². The zero-order chi connectivity index (χ0) is 14.5. The molecule has 0 aliphatic heterocycles. The lowest BCUT2D eigenvalue weighted by molar-refractivity contribution is 0.194. The second kappa shape index (κ2) is 6.52. The highest BCUT2D eigenvalue weighted by molar-refractivity contribution is 5.89. The number of amides is 2. The minimum atomic E-state index is -0.296. The number of hydrogen-bond acceptors (Lipinski definition) is 3. The maximum absolute atomic E-state index is 12.0. The van der Waals surface area contributed by atoms with E-state index < -0.39 is 0 Å². The van der Waals surface area contributed by atoms with Gasteiger partial charge in [-0.2, -0.15) is 0 Å². The molecule has 2 amide bonds. The molecule has 0 unspecified atom stereocenters. The molecular formula is C14H23N3O2. The van der Waals surface area contributed by atoms with Crippen LogP contribution < -0.4 is 10.6 Å². The number of nitrogens with one attached hydrogen (secondary N) is 2. The molecule has 5 heteroatoms. The van der Waals surface area contributed by atoms with Crippen molar-refractivity contribution in [2.75, 3.05) is 11.9 Å². The number of aliphatic hydroxyl groups is 1. The Labute approximate surface area is 114 Å². The summed E-state index contributed by atoms with van der Waals surface area (Å²) in [7, 11) is 0. The molecule has 0 saturated carbocycles. The van der Waals surface area contributed by atoms with E-state index >= 15 is 0 Å². The van der Waals surface area contributed by atoms with Crippen molar-refractivity contribution < 1.29 is 9.90 Å². The highest BCUT2D eigenvalue weighted by atomic mass is 16.3. The summed E-state index contributed by atoms with van der Waals surface area (Å²) in [6, 6.07) is 3.32. The van der Waals surface area contributed by atoms with Gasteiger partial charge in [-0.25, -0.2) is 9.78 Å². The monoisotopic (exact) mass is 265 g/mol. The highest BCUT2D eigenvalue weighted by Crippen LogP contribution is 2.21. The average molecular weight is 265 g/mol. The molecule has 0 radical (unpaired) electrons. The number of aliphatic hydroxyl groups excluding tert-OH is 1. The lowest BCUT2D eigenvalue weighted by atomic mass is 9.85. The van der Waals surface area contributed by atoms with Crippen LogP contribution in [0.2, 0.25) is 0 Å². The van der Waals surface area contributed by atoms with E-state index in [2.05, 4.69) is 15.6 Å². The summed E-state index contributed by atoms with van der Waals surface area (Å²) in [6.07, 6.45) is 2.16. The number of carbonyl (C=O) groups is 1. The average Bonchev–Trinajstić information content (AvgIpc) is 2.30. The molecule has 106 valence electrons. The van der Waals surface area contributed by atoms with Crippen LogP contribution in [0.25, 0.3) is 0 Å². The molecule has 0 aliphatic carbocycles. The quantitative estimate of drug-likeness (QED) is 0.782. The fourth-order valence-electron chi connectivity index (χ4n) is 1.77. The molecule has 1 aromatic rings. The van der Waals surface area contributed by atoms with Crippen molar-refractivity contribution in [3.05, 3.63) is 23.9 Å². The van der Waals surface area contributed by atoms with E-state index in [-0.39, 0.29) is 24.1 Å². The van der Waals surface area contributed by atoms with E-state index in [9.17, 15) is 4.79 Å². The summed E-state index contributed by atoms with van der Waals surface area (Å²) in [5.74, 6) is 0.552. The first-order chi connectivity index (χ1) is 8.84. The van der Waals surface area contributed by atoms with Gasteiger partial charge >= 0.3 is 6.03 Å². The first-order valence-corrected chi connectivity index (χ1v) is 6.44. The predicted octanol–water partition coefficient (Wildman–Crippen LogP) is 2.31. The molecule has 0 aromatic carbocycles. The van der Waals surface area contributed by atoms with E-state index in [0.29, 0.717) is 12.2 Å². The van der Waals surface area contributed by atoms with Crippen molar-refractivity contribution in [2.45, 2.75) is 40.2 Å². The second-order valence-electron chi connectivity index (χ2n) is 5.70. The number of hydrogen-bond donors (Lipinski definition) is 3. The molecule has 0 spiro atoms. The standard InChI is InChI=1S/C14H23N3O2/c1-10-6-5-8-15-12(10)17-13(19)16-11(7-9-18)14(2,3)4/h5-6,8,11,18H,7,9H2,1-4H3,(H2,15,16,17,19)/t11-/m1/s1. The van der Waals surface area contributed by atoms with Gasteiger partial charge in [-0.05, 0) is 30.4 Å². The molecule has 1 heterocycles. The van der Waals surface area contributed by atoms with E-state index in [1.54, 1.807) is 6.20 Å². The van der Waals surface area contributed by atoms with Crippen LogP contribution in [0.15, 0.2) is 18.3 Å². The third-order valence-corrected chi connectivity index (χ3v) is 3.01. The zero-order valence-electron chi connectivity index (χ0n) is 12.0. The summed E-state index contributed by atoms with van der Waals surface area (Å²) in [6.45, 7) is 8.02. The van der Waals surface area contributed by atoms with Gasteiger partial charge in [0, 0.05) is 18.8 Å². The van der Waals surface area contributed by atoms with Crippen molar-refractivity contribution in [2.24, 2.45) is 5.41 Å². The van der Waals surface area contributed by atoms with Gasteiger partial charge in [0.05, 0.1) is 0 Å². The lowest BCUT2D eigenvalue weighted by Gasteiger charge is -2.31. The van der Waals surface area contributed by atoms with Crippen LogP contribution in [-0.4, -0.2) is 28.8 Å². The fraction of sp³-hybridized carbons (Fsp3) is 0.571. The molecule has 5 nitrogen and oxygen atoms in total. The SMILES string of the molecule is Cc1cccnc1NC(=O)N[C@H](CCO)C(C)(C)C. The Hall–Kier alpha value is -1.62. The highest BCUT2D eigenvalue weighted by Gasteiger charge is 2.25. The molecule has 0 bridgehead atoms. The molecule has 0 saturated heterocycles. The molecule has 1 aromatic heterocycles. The molecule has 0 aliphatic rings. The smallest absolute Gasteiger partial charge is 0.320 e. The summed E-state index contributed by atoms with van der Waals surface area (Å²) in [5, 5.41) is 14.7. The Bertz CT molecular complexity index is 427. The Morgan fingerprint density at radius 2 is 2.16 bits per heavy atom. The van der Waals surface area contributed by atoms with Crippen LogP contribution in [0.5, 0.6) is 0 Å². The lowest BCUT2D eigenvalue weighted by Crippen LogP contribution is -2.46. The Balaban J connectivity index is 2.66. The number of nitrogens with zero attached hydrogens (tertiary/aromatic N) is 1. The van der Waals surface area contributed by atoms with Crippen molar-refractivity contribution in [1.82, 2.24) is 10.3 Å². The number of rotatable bonds is 4. The third-order valence-electron chi connectivity index (χ3n) is 3.01. The number of urea groups is 1. The van der Waals surface area contributed by atoms with Crippen molar-refractivity contribution >= 4 is 11.8 Å². The van der Waals surface area contributed by atoms with Gasteiger partial charge in [-0.3, -0.25) is 5.32 Å². The minimum absolute atomic E-state index is 0.0465. The predicted molar refractivity (Wildman–Crippen MR) is 76.1 cm³/mol. The number of aryl methyl sites for hydroxylation is 1. The molecule has 3 N–H and O–H groups in total. The zero-order valence-corrected chi connectivity index (χ0v) is 12.0. The second-order valence-corrected chi connectivity index (χ2v) is 5.70. The topological polar surface area (TPSA) is 74.2 Å². The normalized spacial score (nSPS) is 12.9. The van der Waals surface area contributed by atoms with Crippen LogP contribution in [0.3, 0.4) is 0 Å². The van der Waals surface area contributed by atoms with Gasteiger partial charge in [0.2, 0.25) is 0 Å². The van der Waals surface area contributed by atoms with E-state index in [4.69, 9.17) is 5.11 Å². The van der Waals surface area contributed by atoms with Crippen LogP contribution in [0, 0.1) is 12.3 Å². The van der Waals surface area contributed by atoms with E-state index in [1.165, 1.54) is 0 Å². The number of anilines is 1. The molecule has 19 heavy (non-hydrogen) atoms. The van der Waals surface area contributed by atoms with Gasteiger partial charge in [-0.15, -0.1) is 0 Å². The van der Waals surface area contributed by atoms with Gasteiger partial charge in [0.25, 0.3) is 0 Å². The first-order valence-electron chi connectivity index (χ1n) is 6.44. The van der Waals surface area contributed by atoms with Gasteiger partial charge in [0.15, 0.2) is 0 Å². The molecular weight excluding hydrogens is 242 g/mol. The summed E-state index contributed by atoms with van der Waals surface area (Å²) in [5.41, 5.74) is 0.797. The minimum Gasteiger partial charge on any atom is -0.396 e. The van der Waals surface area contributed by atoms with Gasteiger partial charge in [-0.1, -0.05) is 26.8 Å². The molecule has 1 atom stereocenters. The summed E-state index contributed by atoms with van der Waals surface area (Å²) in [4.78, 5) is 16.1. The third kappa shape index (κ3) is 4.87. The van der Waals surface area contributed by atoms with Crippen LogP contribution in [-0.2, 0) is 0 Å². The largest absolute Gasteiger partial charge is 0.396 e.